The summed E-state index contributed by atoms with van der Waals surface area (Å²) >= 11 is 3.07. The molecule has 0 saturated carbocycles. The van der Waals surface area contributed by atoms with Gasteiger partial charge < -0.3 is 24.1 Å². The van der Waals surface area contributed by atoms with Gasteiger partial charge in [-0.15, -0.1) is 23.5 Å². The lowest BCUT2D eigenvalue weighted by molar-refractivity contribution is -0.146. The second-order valence-electron chi connectivity index (χ2n) is 15.2. The maximum atomic E-state index is 12.2. The minimum Gasteiger partial charge on any atom is -0.455 e. The van der Waals surface area contributed by atoms with Gasteiger partial charge in [0.15, 0.2) is 23.9 Å². The molecule has 1 N–H and O–H groups in total. The fraction of sp³-hybridized carbons (Fsp3) is 0.500. The van der Waals surface area contributed by atoms with E-state index in [-0.39, 0.29) is 47.3 Å². The molecule has 61 heavy (non-hydrogen) atoms. The summed E-state index contributed by atoms with van der Waals surface area (Å²) in [5.41, 5.74) is 0.364. The van der Waals surface area contributed by atoms with Crippen LogP contribution in [-0.4, -0.2) is 95.4 Å². The number of hydrogen-bond acceptors (Lipinski definition) is 14. The summed E-state index contributed by atoms with van der Waals surface area (Å²) in [6, 6.07) is 26.1. The molecule has 0 aromatic heterocycles. The molecule has 0 bridgehead atoms. The van der Waals surface area contributed by atoms with Crippen LogP contribution in [0.25, 0.3) is 0 Å². The molecule has 2 saturated heterocycles. The second kappa shape index (κ2) is 25.1. The van der Waals surface area contributed by atoms with Crippen LogP contribution in [0.4, 0.5) is 0 Å². The number of benzene rings is 3. The lowest BCUT2D eigenvalue weighted by Gasteiger charge is -2.26. The first-order valence-electron chi connectivity index (χ1n) is 20.5. The first-order valence-corrected chi connectivity index (χ1v) is 24.5. The predicted octanol–water partition coefficient (Wildman–Crippen LogP) is 8.07. The Kier molecular flexibility index (Phi) is 21.0. The van der Waals surface area contributed by atoms with Gasteiger partial charge in [0.2, 0.25) is 0 Å². The highest BCUT2D eigenvalue weighted by Crippen LogP contribution is 2.43. The molecule has 11 atom stereocenters. The van der Waals surface area contributed by atoms with Gasteiger partial charge in [-0.2, -0.15) is 0 Å². The van der Waals surface area contributed by atoms with Crippen molar-refractivity contribution in [3.63, 3.8) is 0 Å². The van der Waals surface area contributed by atoms with Gasteiger partial charge in [-0.3, -0.25) is 9.59 Å². The fourth-order valence-corrected chi connectivity index (χ4v) is 11.4. The van der Waals surface area contributed by atoms with E-state index in [0.29, 0.717) is 39.9 Å². The Morgan fingerprint density at radius 2 is 1.13 bits per heavy atom. The van der Waals surface area contributed by atoms with Crippen molar-refractivity contribution in [2.24, 2.45) is 23.7 Å². The summed E-state index contributed by atoms with van der Waals surface area (Å²) < 4.78 is 44.5. The third-order valence-electron chi connectivity index (χ3n) is 10.7. The van der Waals surface area contributed by atoms with Gasteiger partial charge >= 0.3 is 23.9 Å². The summed E-state index contributed by atoms with van der Waals surface area (Å²) in [6.07, 6.45) is 2.46. The smallest absolute Gasteiger partial charge is 0.338 e. The number of sulfone groups is 1. The number of aliphatic hydroxyl groups excluding tert-OH is 1. The van der Waals surface area contributed by atoms with E-state index in [2.05, 4.69) is 13.8 Å². The first-order chi connectivity index (χ1) is 28.9. The van der Waals surface area contributed by atoms with Gasteiger partial charge in [-0.25, -0.2) is 22.8 Å². The summed E-state index contributed by atoms with van der Waals surface area (Å²) in [4.78, 5) is 58.7. The molecule has 0 radical (unpaired) electrons. The molecule has 2 aliphatic rings. The molecule has 2 heterocycles. The van der Waals surface area contributed by atoms with E-state index in [1.165, 1.54) is 18.7 Å². The highest BCUT2D eigenvalue weighted by molar-refractivity contribution is 8.00. The Morgan fingerprint density at radius 1 is 0.705 bits per heavy atom. The molecule has 2 fully saturated rings. The van der Waals surface area contributed by atoms with Gasteiger partial charge in [-0.05, 0) is 55.2 Å². The summed E-state index contributed by atoms with van der Waals surface area (Å²) in [6.45, 7) is 13.2. The van der Waals surface area contributed by atoms with Crippen LogP contribution in [0.2, 0.25) is 0 Å². The number of hydrogen-bond donors (Lipinski definition) is 1. The number of aldehydes is 1. The average molecular weight is 901 g/mol. The van der Waals surface area contributed by atoms with Crippen LogP contribution in [0.3, 0.4) is 0 Å². The maximum absolute atomic E-state index is 12.2. The molecule has 12 nitrogen and oxygen atoms in total. The minimum absolute atomic E-state index is 0.0299. The number of aliphatic hydroxyl groups is 1. The van der Waals surface area contributed by atoms with Gasteiger partial charge in [0.05, 0.1) is 22.4 Å². The number of ether oxygens (including phenoxy) is 4. The molecule has 3 aromatic rings. The van der Waals surface area contributed by atoms with Crippen molar-refractivity contribution in [2.45, 2.75) is 107 Å². The SMILES string of the molecule is CC[C@H](CS(C)(=O)=O)[C@@H](C)[C@H](C=O)OC(=O)c1ccccc1.CC[C@H]1SC(O)[C@H](OC(=O)c2ccccc2)[C@@H]1C.CC[C@H]1S[C@@H](OC(C)=O)[C@H](OC(=O)c2ccccc2)[C@@H]1C. The van der Waals surface area contributed by atoms with Gasteiger partial charge in [0, 0.05) is 41.4 Å². The van der Waals surface area contributed by atoms with Crippen LogP contribution in [0.1, 0.15) is 98.8 Å². The van der Waals surface area contributed by atoms with E-state index in [0.717, 1.165) is 19.1 Å². The van der Waals surface area contributed by atoms with Crippen molar-refractivity contribution in [3.8, 4) is 0 Å². The first kappa shape index (κ1) is 51.2. The van der Waals surface area contributed by atoms with Crippen LogP contribution in [0.15, 0.2) is 91.0 Å². The van der Waals surface area contributed by atoms with Crippen molar-refractivity contribution in [2.75, 3.05) is 12.0 Å². The molecule has 0 aliphatic carbocycles. The van der Waals surface area contributed by atoms with Crippen LogP contribution in [0.5, 0.6) is 0 Å². The largest absolute Gasteiger partial charge is 0.455 e. The number of rotatable bonds is 15. The summed E-state index contributed by atoms with van der Waals surface area (Å²) in [5, 5.41) is 10.6. The lowest BCUT2D eigenvalue weighted by atomic mass is 9.89. The quantitative estimate of drug-likeness (QED) is 0.0880. The molecular weight excluding hydrogens is 841 g/mol. The fourth-order valence-electron chi connectivity index (χ4n) is 7.06. The third-order valence-corrected chi connectivity index (χ3v) is 15.1. The highest BCUT2D eigenvalue weighted by Gasteiger charge is 2.45. The zero-order valence-corrected chi connectivity index (χ0v) is 38.5. The standard InChI is InChI=1S/C16H22O5S.C16H20O4S.C14H18O3S/c1-4-13(11-22(3,19)20)12(2)15(10-17)21-16(18)14-8-6-5-7-9-14;1-4-13-10(2)14(16(21-13)19-11(3)17)20-15(18)12-8-6-5-7-9-12;1-3-11-9(2)12(14(16)18-11)17-13(15)10-7-5-4-6-8-10/h5-10,12-13,15H,4,11H2,1-3H3;5-10,13-14,16H,4H2,1-3H3;4-9,11-12,14,16H,3H2,1-2H3/t12-,13-,15+;10-,13-,14-,16-;9-,11-,12-,14?/m111/s1. The minimum atomic E-state index is -3.16. The number of esters is 4. The predicted molar refractivity (Wildman–Crippen MR) is 239 cm³/mol. The normalized spacial score (nSPS) is 24.5. The van der Waals surface area contributed by atoms with Crippen LogP contribution < -0.4 is 0 Å². The molecule has 3 aromatic carbocycles. The van der Waals surface area contributed by atoms with E-state index in [9.17, 15) is 37.5 Å². The van der Waals surface area contributed by atoms with Crippen molar-refractivity contribution in [3.05, 3.63) is 108 Å². The van der Waals surface area contributed by atoms with E-state index in [1.807, 2.05) is 32.9 Å². The highest BCUT2D eigenvalue weighted by atomic mass is 32.2. The molecule has 1 unspecified atom stereocenters. The Morgan fingerprint density at radius 3 is 1.52 bits per heavy atom. The Bertz CT molecular complexity index is 1950. The number of carbonyl (C=O) groups excluding carboxylic acids is 5. The van der Waals surface area contributed by atoms with Crippen molar-refractivity contribution >= 4 is 63.5 Å². The molecule has 0 spiro atoms. The van der Waals surface area contributed by atoms with E-state index >= 15 is 0 Å². The van der Waals surface area contributed by atoms with Crippen molar-refractivity contribution < 1.29 is 56.4 Å². The summed E-state index contributed by atoms with van der Waals surface area (Å²) in [5.74, 6) is -1.97. The molecule has 5 rings (SSSR count). The van der Waals surface area contributed by atoms with Crippen molar-refractivity contribution in [1.82, 2.24) is 0 Å². The molecule has 2 aliphatic heterocycles. The average Bonchev–Trinajstić information content (AvgIpc) is 3.70. The number of thioether (sulfide) groups is 2. The monoisotopic (exact) mass is 900 g/mol. The maximum Gasteiger partial charge on any atom is 0.338 e. The Balaban J connectivity index is 0.000000245. The molecule has 334 valence electrons. The van der Waals surface area contributed by atoms with Crippen LogP contribution in [-0.2, 0) is 38.4 Å². The van der Waals surface area contributed by atoms with Crippen molar-refractivity contribution in [1.29, 1.82) is 0 Å². The van der Waals surface area contributed by atoms with E-state index < -0.39 is 45.0 Å². The van der Waals surface area contributed by atoms with Gasteiger partial charge in [-0.1, -0.05) is 103 Å². The van der Waals surface area contributed by atoms with Gasteiger partial charge in [0.25, 0.3) is 0 Å². The van der Waals surface area contributed by atoms with E-state index in [4.69, 9.17) is 18.9 Å². The molecule has 15 heteroatoms. The lowest BCUT2D eigenvalue weighted by Crippen LogP contribution is -2.34. The summed E-state index contributed by atoms with van der Waals surface area (Å²) in [7, 11) is -3.16. The van der Waals surface area contributed by atoms with Crippen LogP contribution in [0, 0.1) is 23.7 Å². The zero-order valence-electron chi connectivity index (χ0n) is 36.1. The zero-order chi connectivity index (χ0) is 45.3. The topological polar surface area (TPSA) is 177 Å². The second-order valence-corrected chi connectivity index (χ2v) is 20.1. The van der Waals surface area contributed by atoms with E-state index in [1.54, 1.807) is 97.5 Å². The van der Waals surface area contributed by atoms with Crippen LogP contribution >= 0.6 is 23.5 Å². The molecule has 0 amide bonds. The van der Waals surface area contributed by atoms with Gasteiger partial charge in [0.1, 0.15) is 21.4 Å². The third kappa shape index (κ3) is 15.9. The number of carbonyl (C=O) groups is 5. The Labute approximate surface area is 369 Å². The Hall–Kier alpha value is -4.18. The molecular formula is C46H60O12S3.